The summed E-state index contributed by atoms with van der Waals surface area (Å²) in [6, 6.07) is 5.49. The van der Waals surface area contributed by atoms with Gasteiger partial charge in [-0.3, -0.25) is 0 Å². The van der Waals surface area contributed by atoms with Crippen molar-refractivity contribution in [2.75, 3.05) is 5.73 Å². The standard InChI is InChI=1S/C16H23ClN2O/c1-2-6-16(14-11-12(17)9-10-15(14)18)19-20-13-7-4-3-5-8-13/h9-11,13H,2-8,18H2,1H3/b19-16+. The number of benzene rings is 1. The zero-order valence-electron chi connectivity index (χ0n) is 12.1. The molecule has 0 aliphatic heterocycles. The van der Waals surface area contributed by atoms with Crippen LogP contribution in [-0.2, 0) is 4.84 Å². The third-order valence-electron chi connectivity index (χ3n) is 3.68. The maximum absolute atomic E-state index is 6.06. The molecular weight excluding hydrogens is 272 g/mol. The number of nitrogen functional groups attached to an aromatic ring is 1. The zero-order valence-corrected chi connectivity index (χ0v) is 12.8. The summed E-state index contributed by atoms with van der Waals surface area (Å²) in [5.41, 5.74) is 8.54. The van der Waals surface area contributed by atoms with Gasteiger partial charge in [-0.05, 0) is 50.3 Å². The minimum atomic E-state index is 0.260. The number of nitrogens with two attached hydrogens (primary N) is 1. The molecular formula is C16H23ClN2O. The molecule has 0 bridgehead atoms. The lowest BCUT2D eigenvalue weighted by Gasteiger charge is -2.20. The molecule has 0 atom stereocenters. The highest BCUT2D eigenvalue weighted by atomic mass is 35.5. The molecule has 4 heteroatoms. The van der Waals surface area contributed by atoms with E-state index in [-0.39, 0.29) is 6.10 Å². The van der Waals surface area contributed by atoms with Gasteiger partial charge in [0.2, 0.25) is 0 Å². The molecule has 0 heterocycles. The van der Waals surface area contributed by atoms with Crippen molar-refractivity contribution in [1.82, 2.24) is 0 Å². The third kappa shape index (κ3) is 4.14. The topological polar surface area (TPSA) is 47.6 Å². The molecule has 2 rings (SSSR count). The first-order chi connectivity index (χ1) is 9.70. The molecule has 0 spiro atoms. The quantitative estimate of drug-likeness (QED) is 0.483. The first-order valence-corrected chi connectivity index (χ1v) is 7.86. The third-order valence-corrected chi connectivity index (χ3v) is 3.91. The van der Waals surface area contributed by atoms with Crippen LogP contribution in [0.4, 0.5) is 5.69 Å². The first-order valence-electron chi connectivity index (χ1n) is 7.48. The summed E-state index contributed by atoms with van der Waals surface area (Å²) >= 11 is 6.06. The number of halogens is 1. The van der Waals surface area contributed by atoms with E-state index in [1.54, 1.807) is 6.07 Å². The summed E-state index contributed by atoms with van der Waals surface area (Å²) < 4.78 is 0. The predicted molar refractivity (Wildman–Crippen MR) is 85.3 cm³/mol. The second kappa shape index (κ2) is 7.53. The van der Waals surface area contributed by atoms with Crippen LogP contribution in [0, 0.1) is 0 Å². The van der Waals surface area contributed by atoms with Crippen LogP contribution in [0.15, 0.2) is 23.4 Å². The van der Waals surface area contributed by atoms with Crippen LogP contribution in [0.3, 0.4) is 0 Å². The Labute approximate surface area is 126 Å². The maximum atomic E-state index is 6.06. The van der Waals surface area contributed by atoms with E-state index in [1.165, 1.54) is 19.3 Å². The van der Waals surface area contributed by atoms with Gasteiger partial charge >= 0.3 is 0 Å². The lowest BCUT2D eigenvalue weighted by atomic mass is 9.98. The molecule has 2 N–H and O–H groups in total. The molecule has 0 aromatic heterocycles. The van der Waals surface area contributed by atoms with Gasteiger partial charge in [-0.1, -0.05) is 36.5 Å². The Morgan fingerprint density at radius 1 is 1.35 bits per heavy atom. The van der Waals surface area contributed by atoms with E-state index in [0.717, 1.165) is 37.0 Å². The summed E-state index contributed by atoms with van der Waals surface area (Å²) in [6.07, 6.45) is 8.10. The monoisotopic (exact) mass is 294 g/mol. The van der Waals surface area contributed by atoms with Crippen LogP contribution in [0.1, 0.15) is 57.4 Å². The summed E-state index contributed by atoms with van der Waals surface area (Å²) in [5, 5.41) is 5.06. The fourth-order valence-electron chi connectivity index (χ4n) is 2.55. The van der Waals surface area contributed by atoms with E-state index >= 15 is 0 Å². The van der Waals surface area contributed by atoms with Crippen molar-refractivity contribution < 1.29 is 4.84 Å². The number of hydrogen-bond donors (Lipinski definition) is 1. The molecule has 1 aromatic carbocycles. The van der Waals surface area contributed by atoms with Crippen LogP contribution >= 0.6 is 11.6 Å². The number of rotatable bonds is 5. The van der Waals surface area contributed by atoms with Gasteiger partial charge in [-0.25, -0.2) is 0 Å². The minimum Gasteiger partial charge on any atom is -0.398 e. The van der Waals surface area contributed by atoms with Crippen LogP contribution in [-0.4, -0.2) is 11.8 Å². The van der Waals surface area contributed by atoms with Crippen molar-refractivity contribution in [3.63, 3.8) is 0 Å². The Kier molecular flexibility index (Phi) is 5.72. The lowest BCUT2D eigenvalue weighted by molar-refractivity contribution is 0.0327. The van der Waals surface area contributed by atoms with Gasteiger partial charge in [-0.2, -0.15) is 0 Å². The van der Waals surface area contributed by atoms with Gasteiger partial charge in [0.25, 0.3) is 0 Å². The largest absolute Gasteiger partial charge is 0.398 e. The summed E-state index contributed by atoms with van der Waals surface area (Å²) in [6.45, 7) is 2.12. The number of oxime groups is 1. The molecule has 0 amide bonds. The van der Waals surface area contributed by atoms with Gasteiger partial charge < -0.3 is 10.6 Å². The van der Waals surface area contributed by atoms with Crippen molar-refractivity contribution in [2.45, 2.75) is 58.0 Å². The molecule has 0 saturated heterocycles. The van der Waals surface area contributed by atoms with Crippen LogP contribution in [0.2, 0.25) is 5.02 Å². The van der Waals surface area contributed by atoms with Gasteiger partial charge in [0.05, 0.1) is 5.71 Å². The summed E-state index contributed by atoms with van der Waals surface area (Å²) in [7, 11) is 0. The molecule has 0 unspecified atom stereocenters. The molecule has 20 heavy (non-hydrogen) atoms. The number of hydrogen-bond acceptors (Lipinski definition) is 3. The van der Waals surface area contributed by atoms with Gasteiger partial charge in [-0.15, -0.1) is 0 Å². The zero-order chi connectivity index (χ0) is 14.4. The highest BCUT2D eigenvalue weighted by molar-refractivity contribution is 6.31. The van der Waals surface area contributed by atoms with E-state index in [2.05, 4.69) is 12.1 Å². The number of anilines is 1. The molecule has 1 aromatic rings. The highest BCUT2D eigenvalue weighted by Gasteiger charge is 2.15. The van der Waals surface area contributed by atoms with Crippen molar-refractivity contribution in [3.8, 4) is 0 Å². The van der Waals surface area contributed by atoms with Crippen LogP contribution < -0.4 is 5.73 Å². The lowest BCUT2D eigenvalue weighted by Crippen LogP contribution is -2.15. The normalized spacial score (nSPS) is 17.2. The van der Waals surface area contributed by atoms with E-state index in [0.29, 0.717) is 10.7 Å². The molecule has 1 fully saturated rings. The summed E-state index contributed by atoms with van der Waals surface area (Å²) in [5.74, 6) is 0. The molecule has 1 aliphatic carbocycles. The molecule has 0 radical (unpaired) electrons. The van der Waals surface area contributed by atoms with Gasteiger partial charge in [0, 0.05) is 16.3 Å². The van der Waals surface area contributed by atoms with Gasteiger partial charge in [0.15, 0.2) is 0 Å². The van der Waals surface area contributed by atoms with E-state index in [4.69, 9.17) is 22.2 Å². The van der Waals surface area contributed by atoms with E-state index in [9.17, 15) is 0 Å². The van der Waals surface area contributed by atoms with Crippen molar-refractivity contribution in [2.24, 2.45) is 5.16 Å². The molecule has 110 valence electrons. The van der Waals surface area contributed by atoms with Crippen LogP contribution in [0.5, 0.6) is 0 Å². The van der Waals surface area contributed by atoms with Crippen molar-refractivity contribution in [3.05, 3.63) is 28.8 Å². The van der Waals surface area contributed by atoms with E-state index < -0.39 is 0 Å². The number of nitrogens with zero attached hydrogens (tertiary/aromatic N) is 1. The minimum absolute atomic E-state index is 0.260. The van der Waals surface area contributed by atoms with Crippen molar-refractivity contribution in [1.29, 1.82) is 0 Å². The maximum Gasteiger partial charge on any atom is 0.127 e. The first kappa shape index (κ1) is 15.2. The van der Waals surface area contributed by atoms with Crippen molar-refractivity contribution >= 4 is 23.0 Å². The van der Waals surface area contributed by atoms with Gasteiger partial charge in [0.1, 0.15) is 6.10 Å². The predicted octanol–water partition coefficient (Wildman–Crippen LogP) is 4.78. The molecule has 3 nitrogen and oxygen atoms in total. The Morgan fingerprint density at radius 3 is 2.80 bits per heavy atom. The second-order valence-electron chi connectivity index (χ2n) is 5.38. The Balaban J connectivity index is 2.14. The fraction of sp³-hybridized carbons (Fsp3) is 0.562. The van der Waals surface area contributed by atoms with E-state index in [1.807, 2.05) is 12.1 Å². The smallest absolute Gasteiger partial charge is 0.127 e. The van der Waals surface area contributed by atoms with Crippen LogP contribution in [0.25, 0.3) is 0 Å². The highest BCUT2D eigenvalue weighted by Crippen LogP contribution is 2.23. The SMILES string of the molecule is CCC/C(=N\OC1CCCCC1)c1cc(Cl)ccc1N. The Morgan fingerprint density at radius 2 is 2.10 bits per heavy atom. The molecule has 1 saturated carbocycles. The average Bonchev–Trinajstić information content (AvgIpc) is 2.47. The average molecular weight is 295 g/mol. The molecule has 1 aliphatic rings. The summed E-state index contributed by atoms with van der Waals surface area (Å²) in [4.78, 5) is 5.74. The Bertz CT molecular complexity index is 468. The Hall–Kier alpha value is -1.22. The fourth-order valence-corrected chi connectivity index (χ4v) is 2.73. The second-order valence-corrected chi connectivity index (χ2v) is 5.82.